The Labute approximate surface area is 104 Å². The van der Waals surface area contributed by atoms with Gasteiger partial charge < -0.3 is 14.8 Å². The highest BCUT2D eigenvalue weighted by molar-refractivity contribution is 7.54. The highest BCUT2D eigenvalue weighted by Crippen LogP contribution is 2.59. The van der Waals surface area contributed by atoms with Crippen LogP contribution in [0.2, 0.25) is 5.02 Å². The molecule has 0 saturated heterocycles. The van der Waals surface area contributed by atoms with Gasteiger partial charge in [-0.1, -0.05) is 11.6 Å². The van der Waals surface area contributed by atoms with Crippen molar-refractivity contribution in [2.75, 3.05) is 13.2 Å². The Hall–Kier alpha value is 0.1000. The zero-order valence-corrected chi connectivity index (χ0v) is 11.6. The maximum Gasteiger partial charge on any atom is 0.352 e. The van der Waals surface area contributed by atoms with Gasteiger partial charge in [-0.3, -0.25) is 4.57 Å². The molecule has 0 aromatic carbocycles. The van der Waals surface area contributed by atoms with Gasteiger partial charge in [-0.05, 0) is 25.3 Å². The molecule has 0 spiro atoms. The van der Waals surface area contributed by atoms with E-state index in [1.165, 1.54) is 11.3 Å². The molecule has 92 valence electrons. The van der Waals surface area contributed by atoms with E-state index in [0.717, 1.165) is 0 Å². The Morgan fingerprint density at radius 3 is 2.44 bits per heavy atom. The van der Waals surface area contributed by atoms with Crippen molar-refractivity contribution in [1.29, 1.82) is 0 Å². The van der Waals surface area contributed by atoms with Crippen molar-refractivity contribution in [1.82, 2.24) is 0 Å². The summed E-state index contributed by atoms with van der Waals surface area (Å²) in [4.78, 5) is 0.631. The lowest BCUT2D eigenvalue weighted by Crippen LogP contribution is -2.14. The molecule has 1 heterocycles. The second-order valence-corrected chi connectivity index (χ2v) is 6.46. The molecule has 0 amide bonds. The Morgan fingerprint density at radius 1 is 1.50 bits per heavy atom. The highest BCUT2D eigenvalue weighted by Gasteiger charge is 2.35. The fourth-order valence-corrected chi connectivity index (χ4v) is 4.47. The van der Waals surface area contributed by atoms with Gasteiger partial charge in [-0.15, -0.1) is 11.3 Å². The molecule has 2 N–H and O–H groups in total. The van der Waals surface area contributed by atoms with Gasteiger partial charge in [0.1, 0.15) is 5.78 Å². The second-order valence-electron chi connectivity index (χ2n) is 2.95. The first kappa shape index (κ1) is 14.2. The van der Waals surface area contributed by atoms with E-state index in [4.69, 9.17) is 26.4 Å². The second kappa shape index (κ2) is 6.15. The first-order valence-electron chi connectivity index (χ1n) is 4.92. The van der Waals surface area contributed by atoms with E-state index in [1.54, 1.807) is 25.3 Å². The molecule has 1 aromatic heterocycles. The molecule has 0 saturated carbocycles. The van der Waals surface area contributed by atoms with Gasteiger partial charge in [-0.2, -0.15) is 0 Å². The maximum absolute atomic E-state index is 12.3. The van der Waals surface area contributed by atoms with Gasteiger partial charge in [-0.25, -0.2) is 0 Å². The third kappa shape index (κ3) is 3.06. The Balaban J connectivity index is 2.95. The molecule has 1 aromatic rings. The predicted molar refractivity (Wildman–Crippen MR) is 67.1 cm³/mol. The number of hydrogen-bond donors (Lipinski definition) is 1. The number of rotatable bonds is 6. The highest BCUT2D eigenvalue weighted by atomic mass is 35.5. The maximum atomic E-state index is 12.3. The van der Waals surface area contributed by atoms with Crippen LogP contribution in [-0.2, 0) is 13.6 Å². The van der Waals surface area contributed by atoms with Crippen LogP contribution in [0.25, 0.3) is 0 Å². The third-order valence-electron chi connectivity index (χ3n) is 1.87. The zero-order chi connectivity index (χ0) is 12.2. The van der Waals surface area contributed by atoms with Crippen LogP contribution < -0.4 is 5.73 Å². The van der Waals surface area contributed by atoms with E-state index in [2.05, 4.69) is 0 Å². The van der Waals surface area contributed by atoms with Gasteiger partial charge in [0.25, 0.3) is 0 Å². The van der Waals surface area contributed by atoms with E-state index in [-0.39, 0.29) is 13.2 Å². The average Bonchev–Trinajstić information content (AvgIpc) is 2.64. The van der Waals surface area contributed by atoms with Crippen LogP contribution in [0.3, 0.4) is 0 Å². The van der Waals surface area contributed by atoms with Gasteiger partial charge in [0, 0.05) is 0 Å². The van der Waals surface area contributed by atoms with E-state index in [9.17, 15) is 4.57 Å². The summed E-state index contributed by atoms with van der Waals surface area (Å²) in [6.45, 7) is 4.06. The molecule has 16 heavy (non-hydrogen) atoms. The lowest BCUT2D eigenvalue weighted by atomic mass is 10.5. The molecule has 0 aliphatic carbocycles. The normalized spacial score (nSPS) is 14.0. The average molecular weight is 284 g/mol. The standard InChI is InChI=1S/C9H15ClNO3PS/c1-3-13-15(12,14-4-2)9(11)8-7(10)5-6-16-8/h5-6,9H,3-4,11H2,1-2H3/t9-/m1/s1. The van der Waals surface area contributed by atoms with E-state index >= 15 is 0 Å². The number of thiophene rings is 1. The Morgan fingerprint density at radius 2 is 2.06 bits per heavy atom. The quantitative estimate of drug-likeness (QED) is 0.810. The summed E-state index contributed by atoms with van der Waals surface area (Å²) in [5.74, 6) is -0.820. The monoisotopic (exact) mass is 283 g/mol. The van der Waals surface area contributed by atoms with Crippen molar-refractivity contribution in [3.63, 3.8) is 0 Å². The van der Waals surface area contributed by atoms with Crippen molar-refractivity contribution in [2.45, 2.75) is 19.6 Å². The fraction of sp³-hybridized carbons (Fsp3) is 0.556. The molecule has 0 aliphatic heterocycles. The smallest absolute Gasteiger partial charge is 0.313 e. The topological polar surface area (TPSA) is 61.5 Å². The van der Waals surface area contributed by atoms with Crippen LogP contribution in [0.5, 0.6) is 0 Å². The van der Waals surface area contributed by atoms with Crippen molar-refractivity contribution in [2.24, 2.45) is 5.73 Å². The molecule has 4 nitrogen and oxygen atoms in total. The molecule has 7 heteroatoms. The molecule has 0 bridgehead atoms. The first-order chi connectivity index (χ1) is 7.55. The minimum atomic E-state index is -3.32. The molecule has 0 fully saturated rings. The van der Waals surface area contributed by atoms with E-state index < -0.39 is 13.4 Å². The predicted octanol–water partition coefficient (Wildman–Crippen LogP) is 3.62. The lowest BCUT2D eigenvalue weighted by molar-refractivity contribution is 0.212. The van der Waals surface area contributed by atoms with Crippen molar-refractivity contribution < 1.29 is 13.6 Å². The van der Waals surface area contributed by atoms with E-state index in [0.29, 0.717) is 9.90 Å². The molecule has 0 unspecified atom stereocenters. The van der Waals surface area contributed by atoms with Crippen LogP contribution in [0.1, 0.15) is 24.5 Å². The summed E-state index contributed by atoms with van der Waals surface area (Å²) in [7, 11) is -3.32. The minimum absolute atomic E-state index is 0.286. The number of hydrogen-bond acceptors (Lipinski definition) is 5. The van der Waals surface area contributed by atoms with Crippen LogP contribution in [0.4, 0.5) is 0 Å². The summed E-state index contributed by atoms with van der Waals surface area (Å²) in [6, 6.07) is 1.71. The van der Waals surface area contributed by atoms with Gasteiger partial charge in [0.15, 0.2) is 0 Å². The molecular weight excluding hydrogens is 269 g/mol. The summed E-state index contributed by atoms with van der Waals surface area (Å²) in [6.07, 6.45) is 0. The van der Waals surface area contributed by atoms with Crippen LogP contribution in [0, 0.1) is 0 Å². The van der Waals surface area contributed by atoms with Crippen molar-refractivity contribution >= 4 is 30.5 Å². The summed E-state index contributed by atoms with van der Waals surface area (Å²) < 4.78 is 22.7. The van der Waals surface area contributed by atoms with Gasteiger partial charge >= 0.3 is 7.60 Å². The van der Waals surface area contributed by atoms with Crippen LogP contribution in [0.15, 0.2) is 11.4 Å². The van der Waals surface area contributed by atoms with Gasteiger partial charge in [0.2, 0.25) is 0 Å². The largest absolute Gasteiger partial charge is 0.352 e. The summed E-state index contributed by atoms with van der Waals surface area (Å²) >= 11 is 7.29. The first-order valence-corrected chi connectivity index (χ1v) is 7.79. The third-order valence-corrected chi connectivity index (χ3v) is 5.66. The fourth-order valence-electron chi connectivity index (χ4n) is 1.22. The van der Waals surface area contributed by atoms with Crippen LogP contribution >= 0.6 is 30.5 Å². The molecule has 0 radical (unpaired) electrons. The van der Waals surface area contributed by atoms with Crippen LogP contribution in [-0.4, -0.2) is 13.2 Å². The van der Waals surface area contributed by atoms with Crippen molar-refractivity contribution in [3.05, 3.63) is 21.3 Å². The number of nitrogens with two attached hydrogens (primary N) is 1. The minimum Gasteiger partial charge on any atom is -0.313 e. The molecule has 1 atom stereocenters. The summed E-state index contributed by atoms with van der Waals surface area (Å²) in [5.41, 5.74) is 5.90. The molecule has 0 aliphatic rings. The summed E-state index contributed by atoms with van der Waals surface area (Å²) in [5, 5.41) is 2.29. The van der Waals surface area contributed by atoms with Crippen molar-refractivity contribution in [3.8, 4) is 0 Å². The zero-order valence-electron chi connectivity index (χ0n) is 9.18. The molecule has 1 rings (SSSR count). The van der Waals surface area contributed by atoms with Gasteiger partial charge in [0.05, 0.1) is 23.1 Å². The van der Waals surface area contributed by atoms with E-state index in [1.807, 2.05) is 0 Å². The number of halogens is 1. The Bertz CT molecular complexity index is 375. The molecular formula is C9H15ClNO3PS. The lowest BCUT2D eigenvalue weighted by Gasteiger charge is -2.22. The Kier molecular flexibility index (Phi) is 5.44. The SMILES string of the molecule is CCOP(=O)(OCC)[C@@H](N)c1sccc1Cl.